The molecule has 0 aromatic rings. The highest BCUT2D eigenvalue weighted by Crippen LogP contribution is 2.13. The van der Waals surface area contributed by atoms with E-state index in [1.54, 1.807) is 0 Å². The van der Waals surface area contributed by atoms with Gasteiger partial charge < -0.3 is 5.32 Å². The van der Waals surface area contributed by atoms with Crippen LogP contribution in [0.1, 0.15) is 39.5 Å². The van der Waals surface area contributed by atoms with Crippen molar-refractivity contribution in [1.82, 2.24) is 5.32 Å². The molecule has 0 unspecified atom stereocenters. The number of hydrogen-bond donors (Lipinski definition) is 1. The highest BCUT2D eigenvalue weighted by molar-refractivity contribution is 4.57. The van der Waals surface area contributed by atoms with Gasteiger partial charge in [0.1, 0.15) is 0 Å². The van der Waals surface area contributed by atoms with Crippen molar-refractivity contribution in [2.24, 2.45) is 5.92 Å². The zero-order valence-electron chi connectivity index (χ0n) is 7.61. The van der Waals surface area contributed by atoms with Gasteiger partial charge in [0.2, 0.25) is 0 Å². The Hall–Kier alpha value is -0.0400. The molecule has 0 aliphatic carbocycles. The van der Waals surface area contributed by atoms with E-state index in [0.717, 1.165) is 5.92 Å². The number of rotatable bonds is 6. The lowest BCUT2D eigenvalue weighted by Crippen LogP contribution is -2.12. The van der Waals surface area contributed by atoms with Crippen LogP contribution in [0.3, 0.4) is 0 Å². The maximum atomic E-state index is 3.19. The highest BCUT2D eigenvalue weighted by Gasteiger charge is 2.02. The summed E-state index contributed by atoms with van der Waals surface area (Å²) in [6.07, 6.45) is 5.43. The SMILES string of the molecule is CCC[C@H](CC)CCNC. The van der Waals surface area contributed by atoms with E-state index in [0.29, 0.717) is 0 Å². The molecule has 0 rings (SSSR count). The quantitative estimate of drug-likeness (QED) is 0.602. The van der Waals surface area contributed by atoms with Crippen LogP contribution in [0.15, 0.2) is 0 Å². The second kappa shape index (κ2) is 7.07. The van der Waals surface area contributed by atoms with Crippen LogP contribution in [0.5, 0.6) is 0 Å². The Kier molecular flexibility index (Phi) is 7.04. The van der Waals surface area contributed by atoms with Crippen LogP contribution < -0.4 is 5.32 Å². The van der Waals surface area contributed by atoms with E-state index in [2.05, 4.69) is 19.2 Å². The predicted octanol–water partition coefficient (Wildman–Crippen LogP) is 2.42. The summed E-state index contributed by atoms with van der Waals surface area (Å²) < 4.78 is 0. The van der Waals surface area contributed by atoms with Crippen LogP contribution in [0.4, 0.5) is 0 Å². The van der Waals surface area contributed by atoms with E-state index in [1.807, 2.05) is 7.05 Å². The minimum Gasteiger partial charge on any atom is -0.320 e. The van der Waals surface area contributed by atoms with Gasteiger partial charge in [0.05, 0.1) is 0 Å². The zero-order valence-corrected chi connectivity index (χ0v) is 7.61. The summed E-state index contributed by atoms with van der Waals surface area (Å²) in [6, 6.07) is 0. The van der Waals surface area contributed by atoms with Crippen molar-refractivity contribution in [3.63, 3.8) is 0 Å². The molecule has 0 saturated heterocycles. The van der Waals surface area contributed by atoms with Crippen LogP contribution in [0, 0.1) is 5.92 Å². The van der Waals surface area contributed by atoms with Crippen LogP contribution in [-0.2, 0) is 0 Å². The fraction of sp³-hybridized carbons (Fsp3) is 1.00. The lowest BCUT2D eigenvalue weighted by atomic mass is 9.97. The minimum atomic E-state index is 0.956. The van der Waals surface area contributed by atoms with Crippen molar-refractivity contribution in [3.05, 3.63) is 0 Å². The molecule has 0 aromatic heterocycles. The van der Waals surface area contributed by atoms with E-state index in [-0.39, 0.29) is 0 Å². The standard InChI is InChI=1S/C9H21N/c1-4-6-9(5-2)7-8-10-3/h9-10H,4-8H2,1-3H3/t9-/m0/s1. The molecule has 0 heterocycles. The lowest BCUT2D eigenvalue weighted by molar-refractivity contribution is 0.426. The van der Waals surface area contributed by atoms with Gasteiger partial charge in [-0.2, -0.15) is 0 Å². The summed E-state index contributed by atoms with van der Waals surface area (Å²) >= 11 is 0. The summed E-state index contributed by atoms with van der Waals surface area (Å²) in [6.45, 7) is 5.73. The molecule has 0 radical (unpaired) electrons. The first-order valence-corrected chi connectivity index (χ1v) is 4.49. The largest absolute Gasteiger partial charge is 0.320 e. The molecule has 0 saturated carbocycles. The van der Waals surface area contributed by atoms with Crippen molar-refractivity contribution in [3.8, 4) is 0 Å². The Labute approximate surface area is 65.2 Å². The topological polar surface area (TPSA) is 12.0 Å². The fourth-order valence-corrected chi connectivity index (χ4v) is 1.31. The van der Waals surface area contributed by atoms with Gasteiger partial charge in [0, 0.05) is 0 Å². The molecule has 0 spiro atoms. The van der Waals surface area contributed by atoms with Gasteiger partial charge in [-0.1, -0.05) is 33.1 Å². The first kappa shape index (κ1) is 9.96. The van der Waals surface area contributed by atoms with Gasteiger partial charge in [-0.25, -0.2) is 0 Å². The summed E-state index contributed by atoms with van der Waals surface area (Å²) in [5, 5.41) is 3.19. The number of nitrogens with one attached hydrogen (secondary N) is 1. The third kappa shape index (κ3) is 4.80. The molecule has 1 N–H and O–H groups in total. The molecule has 1 heteroatoms. The average Bonchev–Trinajstić information content (AvgIpc) is 1.98. The van der Waals surface area contributed by atoms with Gasteiger partial charge in [-0.3, -0.25) is 0 Å². The molecule has 0 fully saturated rings. The Morgan fingerprint density at radius 1 is 1.20 bits per heavy atom. The normalized spacial score (nSPS) is 13.5. The minimum absolute atomic E-state index is 0.956. The summed E-state index contributed by atoms with van der Waals surface area (Å²) in [4.78, 5) is 0. The molecule has 0 aromatic carbocycles. The fourth-order valence-electron chi connectivity index (χ4n) is 1.31. The van der Waals surface area contributed by atoms with E-state index in [4.69, 9.17) is 0 Å². The second-order valence-electron chi connectivity index (χ2n) is 2.96. The third-order valence-corrected chi connectivity index (χ3v) is 2.08. The van der Waals surface area contributed by atoms with Gasteiger partial charge in [0.25, 0.3) is 0 Å². The summed E-state index contributed by atoms with van der Waals surface area (Å²) in [5.74, 6) is 0.956. The molecule has 0 aliphatic heterocycles. The van der Waals surface area contributed by atoms with Crippen molar-refractivity contribution in [1.29, 1.82) is 0 Å². The molecular weight excluding hydrogens is 122 g/mol. The van der Waals surface area contributed by atoms with Crippen LogP contribution in [-0.4, -0.2) is 13.6 Å². The van der Waals surface area contributed by atoms with E-state index >= 15 is 0 Å². The van der Waals surface area contributed by atoms with Gasteiger partial charge in [-0.15, -0.1) is 0 Å². The third-order valence-electron chi connectivity index (χ3n) is 2.08. The molecule has 1 atom stereocenters. The second-order valence-corrected chi connectivity index (χ2v) is 2.96. The number of hydrogen-bond acceptors (Lipinski definition) is 1. The molecule has 10 heavy (non-hydrogen) atoms. The van der Waals surface area contributed by atoms with Crippen molar-refractivity contribution in [2.45, 2.75) is 39.5 Å². The lowest BCUT2D eigenvalue weighted by Gasteiger charge is -2.12. The van der Waals surface area contributed by atoms with Crippen LogP contribution >= 0.6 is 0 Å². The molecule has 0 bridgehead atoms. The average molecular weight is 143 g/mol. The van der Waals surface area contributed by atoms with Crippen molar-refractivity contribution in [2.75, 3.05) is 13.6 Å². The molecule has 62 valence electrons. The smallest absolute Gasteiger partial charge is 0.00493 e. The monoisotopic (exact) mass is 143 g/mol. The first-order chi connectivity index (χ1) is 4.85. The Morgan fingerprint density at radius 3 is 2.30 bits per heavy atom. The molecule has 0 amide bonds. The van der Waals surface area contributed by atoms with Crippen LogP contribution in [0.2, 0.25) is 0 Å². The van der Waals surface area contributed by atoms with Gasteiger partial charge in [0.15, 0.2) is 0 Å². The Bertz CT molecular complexity index is 61.7. The van der Waals surface area contributed by atoms with E-state index in [9.17, 15) is 0 Å². The van der Waals surface area contributed by atoms with Crippen molar-refractivity contribution < 1.29 is 0 Å². The van der Waals surface area contributed by atoms with E-state index in [1.165, 1.54) is 32.2 Å². The van der Waals surface area contributed by atoms with Crippen LogP contribution in [0.25, 0.3) is 0 Å². The van der Waals surface area contributed by atoms with Crippen molar-refractivity contribution >= 4 is 0 Å². The highest BCUT2D eigenvalue weighted by atomic mass is 14.8. The van der Waals surface area contributed by atoms with Gasteiger partial charge in [-0.05, 0) is 25.9 Å². The predicted molar refractivity (Wildman–Crippen MR) is 47.2 cm³/mol. The first-order valence-electron chi connectivity index (χ1n) is 4.49. The summed E-state index contributed by atoms with van der Waals surface area (Å²) in [5.41, 5.74) is 0. The zero-order chi connectivity index (χ0) is 7.82. The summed E-state index contributed by atoms with van der Waals surface area (Å²) in [7, 11) is 2.03. The Balaban J connectivity index is 3.21. The molecule has 1 nitrogen and oxygen atoms in total. The maximum absolute atomic E-state index is 3.19. The molecule has 0 aliphatic rings. The van der Waals surface area contributed by atoms with Gasteiger partial charge >= 0.3 is 0 Å². The molecular formula is C9H21N. The Morgan fingerprint density at radius 2 is 1.90 bits per heavy atom. The van der Waals surface area contributed by atoms with E-state index < -0.39 is 0 Å². The maximum Gasteiger partial charge on any atom is -0.00493 e.